The lowest BCUT2D eigenvalue weighted by Crippen LogP contribution is -2.26. The van der Waals surface area contributed by atoms with E-state index in [0.717, 1.165) is 11.1 Å². The molecule has 1 aromatic heterocycles. The smallest absolute Gasteiger partial charge is 0.211 e. The van der Waals surface area contributed by atoms with Gasteiger partial charge < -0.3 is 0 Å². The SMILES string of the molecule is Cc1ccccc1CCNS(=O)(=O)c1ccc(-n2cnnn2)cc1. The topological polar surface area (TPSA) is 89.8 Å². The van der Waals surface area contributed by atoms with Crippen LogP contribution < -0.4 is 4.72 Å². The summed E-state index contributed by atoms with van der Waals surface area (Å²) in [6, 6.07) is 14.3. The third-order valence-electron chi connectivity index (χ3n) is 3.71. The molecule has 7 nitrogen and oxygen atoms in total. The Balaban J connectivity index is 1.66. The number of rotatable bonds is 6. The second kappa shape index (κ2) is 6.90. The van der Waals surface area contributed by atoms with Crippen molar-refractivity contribution in [2.45, 2.75) is 18.2 Å². The average molecular weight is 343 g/mol. The molecule has 0 atom stereocenters. The normalized spacial score (nSPS) is 11.5. The summed E-state index contributed by atoms with van der Waals surface area (Å²) in [4.78, 5) is 0.212. The molecule has 1 heterocycles. The number of aryl methyl sites for hydroxylation is 1. The molecule has 0 unspecified atom stereocenters. The number of hydrogen-bond donors (Lipinski definition) is 1. The molecule has 2 aromatic carbocycles. The molecular weight excluding hydrogens is 326 g/mol. The van der Waals surface area contributed by atoms with Gasteiger partial charge in [0, 0.05) is 6.54 Å². The van der Waals surface area contributed by atoms with Gasteiger partial charge >= 0.3 is 0 Å². The van der Waals surface area contributed by atoms with Crippen LogP contribution in [0.25, 0.3) is 5.69 Å². The molecule has 8 heteroatoms. The maximum Gasteiger partial charge on any atom is 0.240 e. The highest BCUT2D eigenvalue weighted by atomic mass is 32.2. The van der Waals surface area contributed by atoms with E-state index >= 15 is 0 Å². The molecule has 1 N–H and O–H groups in total. The molecule has 0 bridgehead atoms. The lowest BCUT2D eigenvalue weighted by Gasteiger charge is -2.09. The molecule has 0 aliphatic rings. The monoisotopic (exact) mass is 343 g/mol. The summed E-state index contributed by atoms with van der Waals surface area (Å²) in [6.45, 7) is 2.36. The lowest BCUT2D eigenvalue weighted by molar-refractivity contribution is 0.581. The summed E-state index contributed by atoms with van der Waals surface area (Å²) in [7, 11) is -3.54. The first-order valence-corrected chi connectivity index (χ1v) is 8.92. The Bertz CT molecular complexity index is 906. The third-order valence-corrected chi connectivity index (χ3v) is 5.19. The third kappa shape index (κ3) is 3.66. The van der Waals surface area contributed by atoms with Crippen LogP contribution >= 0.6 is 0 Å². The van der Waals surface area contributed by atoms with E-state index in [9.17, 15) is 8.42 Å². The van der Waals surface area contributed by atoms with Crippen molar-refractivity contribution in [1.82, 2.24) is 24.9 Å². The van der Waals surface area contributed by atoms with Crippen LogP contribution in [0.3, 0.4) is 0 Å². The molecule has 0 spiro atoms. The quantitative estimate of drug-likeness (QED) is 0.732. The fraction of sp³-hybridized carbons (Fsp3) is 0.188. The number of nitrogens with one attached hydrogen (secondary N) is 1. The van der Waals surface area contributed by atoms with Crippen LogP contribution in [-0.2, 0) is 16.4 Å². The number of nitrogens with zero attached hydrogens (tertiary/aromatic N) is 4. The highest BCUT2D eigenvalue weighted by molar-refractivity contribution is 7.89. The van der Waals surface area contributed by atoms with Crippen LogP contribution in [0.2, 0.25) is 0 Å². The number of benzene rings is 2. The summed E-state index contributed by atoms with van der Waals surface area (Å²) in [5, 5.41) is 10.9. The predicted octanol–water partition coefficient (Wildman–Crippen LogP) is 1.49. The van der Waals surface area contributed by atoms with Gasteiger partial charge in [0.25, 0.3) is 0 Å². The van der Waals surface area contributed by atoms with Crippen LogP contribution in [0, 0.1) is 6.92 Å². The van der Waals surface area contributed by atoms with E-state index < -0.39 is 10.0 Å². The fourth-order valence-electron chi connectivity index (χ4n) is 2.35. The highest BCUT2D eigenvalue weighted by Crippen LogP contribution is 2.13. The van der Waals surface area contributed by atoms with E-state index in [1.165, 1.54) is 23.1 Å². The van der Waals surface area contributed by atoms with E-state index in [1.807, 2.05) is 31.2 Å². The van der Waals surface area contributed by atoms with E-state index in [2.05, 4.69) is 20.2 Å². The average Bonchev–Trinajstić information content (AvgIpc) is 3.11. The molecule has 3 aromatic rings. The number of aromatic nitrogens is 4. The summed E-state index contributed by atoms with van der Waals surface area (Å²) in [5.41, 5.74) is 2.98. The molecule has 124 valence electrons. The second-order valence-electron chi connectivity index (χ2n) is 5.32. The minimum absolute atomic E-state index is 0.212. The Morgan fingerprint density at radius 3 is 2.50 bits per heavy atom. The molecule has 3 rings (SSSR count). The standard InChI is InChI=1S/C16H17N5O2S/c1-13-4-2-3-5-14(13)10-11-18-24(22,23)16-8-6-15(7-9-16)21-12-17-19-20-21/h2-9,12,18H,10-11H2,1H3. The fourth-order valence-corrected chi connectivity index (χ4v) is 3.38. The first kappa shape index (κ1) is 16.3. The highest BCUT2D eigenvalue weighted by Gasteiger charge is 2.13. The zero-order chi connectivity index (χ0) is 17.0. The number of sulfonamides is 1. The largest absolute Gasteiger partial charge is 0.240 e. The van der Waals surface area contributed by atoms with Crippen molar-refractivity contribution < 1.29 is 8.42 Å². The van der Waals surface area contributed by atoms with Crippen LogP contribution in [0.15, 0.2) is 59.8 Å². The van der Waals surface area contributed by atoms with Gasteiger partial charge in [-0.1, -0.05) is 24.3 Å². The van der Waals surface area contributed by atoms with Crippen LogP contribution in [0.5, 0.6) is 0 Å². The Hall–Kier alpha value is -2.58. The maximum atomic E-state index is 12.3. The van der Waals surface area contributed by atoms with E-state index in [1.54, 1.807) is 12.1 Å². The van der Waals surface area contributed by atoms with Crippen molar-refractivity contribution in [2.24, 2.45) is 0 Å². The van der Waals surface area contributed by atoms with Gasteiger partial charge in [-0.2, -0.15) is 0 Å². The Morgan fingerprint density at radius 1 is 1.08 bits per heavy atom. The zero-order valence-electron chi connectivity index (χ0n) is 13.1. The first-order valence-electron chi connectivity index (χ1n) is 7.44. The van der Waals surface area contributed by atoms with Crippen LogP contribution in [0.1, 0.15) is 11.1 Å². The molecule has 0 aliphatic heterocycles. The minimum atomic E-state index is -3.54. The molecule has 0 fully saturated rings. The summed E-state index contributed by atoms with van der Waals surface area (Å²) in [5.74, 6) is 0. The zero-order valence-corrected chi connectivity index (χ0v) is 13.9. The minimum Gasteiger partial charge on any atom is -0.211 e. The molecule has 0 amide bonds. The van der Waals surface area contributed by atoms with Crippen molar-refractivity contribution in [1.29, 1.82) is 0 Å². The van der Waals surface area contributed by atoms with Crippen molar-refractivity contribution in [3.8, 4) is 5.69 Å². The molecule has 24 heavy (non-hydrogen) atoms. The van der Waals surface area contributed by atoms with Crippen molar-refractivity contribution in [2.75, 3.05) is 6.54 Å². The van der Waals surface area contributed by atoms with Gasteiger partial charge in [-0.25, -0.2) is 17.8 Å². The van der Waals surface area contributed by atoms with Gasteiger partial charge in [0.2, 0.25) is 10.0 Å². The Labute approximate surface area is 140 Å². The van der Waals surface area contributed by atoms with Crippen molar-refractivity contribution in [3.05, 3.63) is 66.0 Å². The van der Waals surface area contributed by atoms with E-state index in [-0.39, 0.29) is 4.90 Å². The first-order chi connectivity index (χ1) is 11.6. The summed E-state index contributed by atoms with van der Waals surface area (Å²) >= 11 is 0. The summed E-state index contributed by atoms with van der Waals surface area (Å²) in [6.07, 6.45) is 2.10. The van der Waals surface area contributed by atoms with Gasteiger partial charge in [-0.15, -0.1) is 5.10 Å². The van der Waals surface area contributed by atoms with Crippen LogP contribution in [-0.4, -0.2) is 35.2 Å². The van der Waals surface area contributed by atoms with Crippen LogP contribution in [0.4, 0.5) is 0 Å². The van der Waals surface area contributed by atoms with E-state index in [0.29, 0.717) is 18.7 Å². The van der Waals surface area contributed by atoms with Gasteiger partial charge in [0.15, 0.2) is 0 Å². The molecule has 0 radical (unpaired) electrons. The Kier molecular flexibility index (Phi) is 4.68. The Morgan fingerprint density at radius 2 is 1.83 bits per heavy atom. The lowest BCUT2D eigenvalue weighted by atomic mass is 10.1. The number of tetrazole rings is 1. The van der Waals surface area contributed by atoms with Gasteiger partial charge in [-0.3, -0.25) is 0 Å². The van der Waals surface area contributed by atoms with Crippen molar-refractivity contribution >= 4 is 10.0 Å². The predicted molar refractivity (Wildman–Crippen MR) is 89.2 cm³/mol. The molecule has 0 saturated carbocycles. The van der Waals surface area contributed by atoms with Gasteiger partial charge in [0.1, 0.15) is 6.33 Å². The second-order valence-corrected chi connectivity index (χ2v) is 7.09. The van der Waals surface area contributed by atoms with Crippen molar-refractivity contribution in [3.63, 3.8) is 0 Å². The molecule has 0 aliphatic carbocycles. The van der Waals surface area contributed by atoms with Gasteiger partial charge in [-0.05, 0) is 59.2 Å². The number of hydrogen-bond acceptors (Lipinski definition) is 5. The molecule has 0 saturated heterocycles. The van der Waals surface area contributed by atoms with E-state index in [4.69, 9.17) is 0 Å². The maximum absolute atomic E-state index is 12.3. The van der Waals surface area contributed by atoms with Gasteiger partial charge in [0.05, 0.1) is 10.6 Å². The molecular formula is C16H17N5O2S. The summed E-state index contributed by atoms with van der Waals surface area (Å²) < 4.78 is 28.8.